The lowest BCUT2D eigenvalue weighted by atomic mass is 9.82. The van der Waals surface area contributed by atoms with Gasteiger partial charge in [0.1, 0.15) is 0 Å². The van der Waals surface area contributed by atoms with Gasteiger partial charge < -0.3 is 19.3 Å². The van der Waals surface area contributed by atoms with Crippen LogP contribution in [0.4, 0.5) is 0 Å². The third-order valence-electron chi connectivity index (χ3n) is 6.46. The minimum absolute atomic E-state index is 0.0364. The summed E-state index contributed by atoms with van der Waals surface area (Å²) >= 11 is 0. The Balaban J connectivity index is 1.24. The van der Waals surface area contributed by atoms with Gasteiger partial charge in [-0.1, -0.05) is 6.07 Å². The van der Waals surface area contributed by atoms with Crippen molar-refractivity contribution in [1.29, 1.82) is 0 Å². The van der Waals surface area contributed by atoms with Gasteiger partial charge in [-0.05, 0) is 54.5 Å². The lowest BCUT2D eigenvalue weighted by Crippen LogP contribution is -2.44. The van der Waals surface area contributed by atoms with Gasteiger partial charge >= 0.3 is 0 Å². The van der Waals surface area contributed by atoms with Crippen LogP contribution in [0.5, 0.6) is 11.5 Å². The molecule has 30 heavy (non-hydrogen) atoms. The van der Waals surface area contributed by atoms with Crippen molar-refractivity contribution in [3.05, 3.63) is 53.9 Å². The number of likely N-dealkylation sites (tertiary alicyclic amines) is 2. The second kappa shape index (κ2) is 7.97. The van der Waals surface area contributed by atoms with Crippen molar-refractivity contribution in [3.63, 3.8) is 0 Å². The van der Waals surface area contributed by atoms with E-state index in [0.717, 1.165) is 29.9 Å². The second-order valence-electron chi connectivity index (χ2n) is 8.30. The zero-order valence-corrected chi connectivity index (χ0v) is 16.8. The topological polar surface area (TPSA) is 72.0 Å². The number of carbonyl (C=O) groups is 2. The molecular weight excluding hydrogens is 382 g/mol. The number of rotatable bonds is 3. The summed E-state index contributed by atoms with van der Waals surface area (Å²) in [6, 6.07) is 9.46. The molecule has 7 nitrogen and oxygen atoms in total. The number of hydrogen-bond acceptors (Lipinski definition) is 5. The first-order chi connectivity index (χ1) is 14.7. The Morgan fingerprint density at radius 2 is 1.97 bits per heavy atom. The maximum absolute atomic E-state index is 12.9. The summed E-state index contributed by atoms with van der Waals surface area (Å²) in [5, 5.41) is 0. The highest BCUT2D eigenvalue weighted by Gasteiger charge is 2.36. The van der Waals surface area contributed by atoms with E-state index < -0.39 is 0 Å². The average molecular weight is 407 g/mol. The molecule has 0 radical (unpaired) electrons. The molecule has 0 bridgehead atoms. The molecular formula is C23H25N3O4. The molecule has 0 N–H and O–H groups in total. The molecule has 7 heteroatoms. The van der Waals surface area contributed by atoms with Crippen LogP contribution in [0.3, 0.4) is 0 Å². The molecule has 0 spiro atoms. The van der Waals surface area contributed by atoms with Crippen LogP contribution in [0.2, 0.25) is 0 Å². The predicted molar refractivity (Wildman–Crippen MR) is 109 cm³/mol. The average Bonchev–Trinajstić information content (AvgIpc) is 3.19. The number of ether oxygens (including phenoxy) is 2. The number of pyridine rings is 1. The number of fused-ring (bicyclic) bond motifs is 2. The van der Waals surface area contributed by atoms with Crippen LogP contribution < -0.4 is 9.47 Å². The van der Waals surface area contributed by atoms with Crippen LogP contribution in [0.25, 0.3) is 0 Å². The summed E-state index contributed by atoms with van der Waals surface area (Å²) in [4.78, 5) is 33.7. The minimum atomic E-state index is 0.0364. The van der Waals surface area contributed by atoms with Crippen molar-refractivity contribution in [3.8, 4) is 11.5 Å². The quantitative estimate of drug-likeness (QED) is 0.782. The minimum Gasteiger partial charge on any atom is -0.454 e. The van der Waals surface area contributed by atoms with E-state index in [1.807, 2.05) is 34.1 Å². The summed E-state index contributed by atoms with van der Waals surface area (Å²) in [5.41, 5.74) is 1.68. The smallest absolute Gasteiger partial charge is 0.255 e. The summed E-state index contributed by atoms with van der Waals surface area (Å²) in [5.74, 6) is 2.43. The standard InChI is InChI=1S/C23H25N3O4/c27-22-11-17-5-9-26(23(28)18-2-1-7-24-12-18)14-19(17)6-8-25(22)13-16-3-4-20-21(10-16)30-15-29-20/h1-4,7,10,12,17,19H,5-6,8-9,11,13-15H2. The molecule has 1 aromatic heterocycles. The van der Waals surface area contributed by atoms with Gasteiger partial charge in [0.05, 0.1) is 5.56 Å². The zero-order chi connectivity index (χ0) is 20.5. The molecule has 2 fully saturated rings. The number of nitrogens with zero attached hydrogens (tertiary/aromatic N) is 3. The molecule has 2 amide bonds. The first-order valence-electron chi connectivity index (χ1n) is 10.5. The number of benzene rings is 1. The molecule has 3 aliphatic heterocycles. The molecule has 2 saturated heterocycles. The molecule has 5 rings (SSSR count). The highest BCUT2D eigenvalue weighted by atomic mass is 16.7. The molecule has 0 aliphatic carbocycles. The molecule has 1 aromatic carbocycles. The Labute approximate surface area is 175 Å². The molecule has 4 heterocycles. The van der Waals surface area contributed by atoms with Gasteiger partial charge in [-0.3, -0.25) is 14.6 Å². The highest BCUT2D eigenvalue weighted by molar-refractivity contribution is 5.94. The van der Waals surface area contributed by atoms with E-state index in [0.29, 0.717) is 50.0 Å². The highest BCUT2D eigenvalue weighted by Crippen LogP contribution is 2.35. The Bertz CT molecular complexity index is 949. The van der Waals surface area contributed by atoms with Gasteiger partial charge in [-0.2, -0.15) is 0 Å². The lowest BCUT2D eigenvalue weighted by molar-refractivity contribution is -0.132. The van der Waals surface area contributed by atoms with Crippen LogP contribution in [-0.2, 0) is 11.3 Å². The summed E-state index contributed by atoms with van der Waals surface area (Å²) in [7, 11) is 0. The van der Waals surface area contributed by atoms with E-state index in [2.05, 4.69) is 4.98 Å². The van der Waals surface area contributed by atoms with Gasteiger partial charge in [0.15, 0.2) is 11.5 Å². The third kappa shape index (κ3) is 3.72. The van der Waals surface area contributed by atoms with Crippen molar-refractivity contribution < 1.29 is 19.1 Å². The monoisotopic (exact) mass is 407 g/mol. The van der Waals surface area contributed by atoms with Crippen LogP contribution in [-0.4, -0.2) is 53.0 Å². The number of piperidine rings is 1. The third-order valence-corrected chi connectivity index (χ3v) is 6.46. The van der Waals surface area contributed by atoms with Gasteiger partial charge in [0.2, 0.25) is 12.7 Å². The molecule has 0 saturated carbocycles. The number of amides is 2. The Morgan fingerprint density at radius 1 is 1.10 bits per heavy atom. The summed E-state index contributed by atoms with van der Waals surface area (Å²) in [6.45, 7) is 2.95. The van der Waals surface area contributed by atoms with Crippen molar-refractivity contribution in [1.82, 2.24) is 14.8 Å². The van der Waals surface area contributed by atoms with Gasteiger partial charge in [0.25, 0.3) is 5.91 Å². The van der Waals surface area contributed by atoms with Crippen LogP contribution in [0.1, 0.15) is 35.2 Å². The van der Waals surface area contributed by atoms with Crippen molar-refractivity contribution in [2.45, 2.75) is 25.8 Å². The SMILES string of the molecule is O=C1CC2CCN(C(=O)c3cccnc3)CC2CCN1Cc1ccc2c(c1)OCO2. The molecule has 2 unspecified atom stereocenters. The maximum atomic E-state index is 12.9. The van der Waals surface area contributed by atoms with E-state index >= 15 is 0 Å². The lowest BCUT2D eigenvalue weighted by Gasteiger charge is -2.37. The Morgan fingerprint density at radius 3 is 2.83 bits per heavy atom. The number of hydrogen-bond donors (Lipinski definition) is 0. The summed E-state index contributed by atoms with van der Waals surface area (Å²) in [6.07, 6.45) is 5.65. The fraction of sp³-hybridized carbons (Fsp3) is 0.435. The second-order valence-corrected chi connectivity index (χ2v) is 8.30. The van der Waals surface area contributed by atoms with E-state index in [9.17, 15) is 9.59 Å². The van der Waals surface area contributed by atoms with Gasteiger partial charge in [0, 0.05) is 45.0 Å². The molecule has 156 valence electrons. The van der Waals surface area contributed by atoms with Crippen molar-refractivity contribution in [2.24, 2.45) is 11.8 Å². The van der Waals surface area contributed by atoms with E-state index in [-0.39, 0.29) is 18.6 Å². The molecule has 2 aromatic rings. The van der Waals surface area contributed by atoms with E-state index in [1.165, 1.54) is 0 Å². The fourth-order valence-corrected chi connectivity index (χ4v) is 4.76. The largest absolute Gasteiger partial charge is 0.454 e. The van der Waals surface area contributed by atoms with Gasteiger partial charge in [-0.25, -0.2) is 0 Å². The van der Waals surface area contributed by atoms with E-state index in [4.69, 9.17) is 9.47 Å². The summed E-state index contributed by atoms with van der Waals surface area (Å²) < 4.78 is 10.8. The Kier molecular flexibility index (Phi) is 5.02. The predicted octanol–water partition coefficient (Wildman–Crippen LogP) is 2.71. The molecule has 2 atom stereocenters. The van der Waals surface area contributed by atoms with Crippen molar-refractivity contribution >= 4 is 11.8 Å². The zero-order valence-electron chi connectivity index (χ0n) is 16.8. The Hall–Kier alpha value is -3.09. The van der Waals surface area contributed by atoms with E-state index in [1.54, 1.807) is 18.5 Å². The van der Waals surface area contributed by atoms with Crippen LogP contribution in [0.15, 0.2) is 42.7 Å². The molecule has 3 aliphatic rings. The normalized spacial score (nSPS) is 23.1. The van der Waals surface area contributed by atoms with Crippen LogP contribution in [0, 0.1) is 11.8 Å². The first kappa shape index (κ1) is 18.9. The van der Waals surface area contributed by atoms with Crippen LogP contribution >= 0.6 is 0 Å². The maximum Gasteiger partial charge on any atom is 0.255 e. The van der Waals surface area contributed by atoms with Gasteiger partial charge in [-0.15, -0.1) is 0 Å². The van der Waals surface area contributed by atoms with Crippen molar-refractivity contribution in [2.75, 3.05) is 26.4 Å². The number of aromatic nitrogens is 1. The first-order valence-corrected chi connectivity index (χ1v) is 10.5. The fourth-order valence-electron chi connectivity index (χ4n) is 4.76. The number of carbonyl (C=O) groups excluding carboxylic acids is 2.